The van der Waals surface area contributed by atoms with Gasteiger partial charge in [-0.2, -0.15) is 5.10 Å². The van der Waals surface area contributed by atoms with E-state index in [-0.39, 0.29) is 23.5 Å². The monoisotopic (exact) mass is 454 g/mol. The first-order valence-electron chi connectivity index (χ1n) is 7.16. The molecule has 0 saturated heterocycles. The number of hydrazone groups is 1. The highest BCUT2D eigenvalue weighted by Crippen LogP contribution is 2.21. The van der Waals surface area contributed by atoms with E-state index in [0.29, 0.717) is 0 Å². The first-order valence-corrected chi connectivity index (χ1v) is 8.24. The van der Waals surface area contributed by atoms with Crippen LogP contribution in [0, 0.1) is 20.6 Å². The molecule has 0 radical (unpaired) electrons. The predicted molar refractivity (Wildman–Crippen MR) is 103 cm³/mol. The molecule has 8 nitrogen and oxygen atoms in total. The topological polar surface area (TPSA) is 117 Å². The second kappa shape index (κ2) is 8.42. The normalized spacial score (nSPS) is 10.6. The van der Waals surface area contributed by atoms with E-state index in [1.165, 1.54) is 12.1 Å². The van der Waals surface area contributed by atoms with Gasteiger partial charge in [0, 0.05) is 27.0 Å². The number of benzene rings is 2. The fourth-order valence-electron chi connectivity index (χ4n) is 1.91. The zero-order chi connectivity index (χ0) is 18.4. The highest BCUT2D eigenvalue weighted by atomic mass is 127. The lowest BCUT2D eigenvalue weighted by atomic mass is 10.2. The number of rotatable bonds is 6. The number of anilines is 1. The van der Waals surface area contributed by atoms with Gasteiger partial charge in [0.15, 0.2) is 0 Å². The van der Waals surface area contributed by atoms with Crippen molar-refractivity contribution in [1.29, 1.82) is 0 Å². The number of nitro groups is 1. The molecule has 25 heavy (non-hydrogen) atoms. The molecule has 0 heterocycles. The van der Waals surface area contributed by atoms with Crippen LogP contribution in [0.5, 0.6) is 5.75 Å². The van der Waals surface area contributed by atoms with Crippen molar-refractivity contribution in [3.05, 3.63) is 61.2 Å². The zero-order valence-electron chi connectivity index (χ0n) is 13.2. The van der Waals surface area contributed by atoms with Crippen molar-refractivity contribution in [2.45, 2.75) is 6.92 Å². The van der Waals surface area contributed by atoms with Crippen molar-refractivity contribution in [2.24, 2.45) is 5.10 Å². The summed E-state index contributed by atoms with van der Waals surface area (Å²) >= 11 is 2.23. The maximum Gasteiger partial charge on any atom is 0.270 e. The lowest BCUT2D eigenvalue weighted by Gasteiger charge is -2.07. The van der Waals surface area contributed by atoms with E-state index < -0.39 is 10.8 Å². The van der Waals surface area contributed by atoms with Crippen LogP contribution < -0.4 is 10.7 Å². The fraction of sp³-hybridized carbons (Fsp3) is 0.125. The molecule has 0 aliphatic rings. The van der Waals surface area contributed by atoms with E-state index in [4.69, 9.17) is 0 Å². The standard InChI is InChI=1S/C16H15IN4O4/c1-10-6-12(2-4-14(10)17)18-9-16(23)20-19-8-11-7-13(21(24)25)3-5-15(11)22/h2-8,18,22H,9H2,1H3,(H,20,23). The molecule has 0 aliphatic heterocycles. The number of amides is 1. The number of phenols is 1. The van der Waals surface area contributed by atoms with Crippen molar-refractivity contribution in [3.63, 3.8) is 0 Å². The van der Waals surface area contributed by atoms with E-state index in [1.54, 1.807) is 0 Å². The maximum atomic E-state index is 11.8. The molecule has 2 aromatic carbocycles. The minimum atomic E-state index is -0.581. The van der Waals surface area contributed by atoms with Gasteiger partial charge in [0.25, 0.3) is 11.6 Å². The van der Waals surface area contributed by atoms with Crippen molar-refractivity contribution in [2.75, 3.05) is 11.9 Å². The number of halogens is 1. The van der Waals surface area contributed by atoms with Crippen LogP contribution in [0.15, 0.2) is 41.5 Å². The molecule has 2 rings (SSSR count). The Morgan fingerprint density at radius 3 is 2.80 bits per heavy atom. The van der Waals surface area contributed by atoms with Crippen molar-refractivity contribution < 1.29 is 14.8 Å². The number of nitro benzene ring substituents is 1. The van der Waals surface area contributed by atoms with Gasteiger partial charge >= 0.3 is 0 Å². The SMILES string of the molecule is Cc1cc(NCC(=O)NN=Cc2cc([N+](=O)[O-])ccc2O)ccc1I. The summed E-state index contributed by atoms with van der Waals surface area (Å²) in [5.41, 5.74) is 4.16. The van der Waals surface area contributed by atoms with Crippen molar-refractivity contribution >= 4 is 46.1 Å². The van der Waals surface area contributed by atoms with Crippen molar-refractivity contribution in [1.82, 2.24) is 5.43 Å². The highest BCUT2D eigenvalue weighted by Gasteiger charge is 2.09. The molecule has 0 unspecified atom stereocenters. The number of nitrogens with zero attached hydrogens (tertiary/aromatic N) is 2. The van der Waals surface area contributed by atoms with Gasteiger partial charge in [0.1, 0.15) is 5.75 Å². The third kappa shape index (κ3) is 5.41. The lowest BCUT2D eigenvalue weighted by molar-refractivity contribution is -0.384. The number of phenolic OH excluding ortho intramolecular Hbond substituents is 1. The Balaban J connectivity index is 1.91. The van der Waals surface area contributed by atoms with Crippen LogP contribution in [0.1, 0.15) is 11.1 Å². The van der Waals surface area contributed by atoms with Crippen LogP contribution in [0.3, 0.4) is 0 Å². The minimum absolute atomic E-state index is 0.0122. The van der Waals surface area contributed by atoms with E-state index >= 15 is 0 Å². The Bertz CT molecular complexity index is 839. The van der Waals surface area contributed by atoms with E-state index in [0.717, 1.165) is 27.1 Å². The number of carbonyl (C=O) groups excluding carboxylic acids is 1. The number of nitrogens with one attached hydrogen (secondary N) is 2. The molecular formula is C16H15IN4O4. The van der Waals surface area contributed by atoms with Crippen LogP contribution >= 0.6 is 22.6 Å². The third-order valence-electron chi connectivity index (χ3n) is 3.23. The molecule has 0 aliphatic carbocycles. The van der Waals surface area contributed by atoms with Gasteiger partial charge in [-0.15, -0.1) is 0 Å². The second-order valence-electron chi connectivity index (χ2n) is 5.11. The molecule has 0 saturated carbocycles. The number of carbonyl (C=O) groups is 1. The van der Waals surface area contributed by atoms with E-state index in [1.807, 2.05) is 25.1 Å². The van der Waals surface area contributed by atoms with Gasteiger partial charge in [-0.25, -0.2) is 5.43 Å². The van der Waals surface area contributed by atoms with Crippen LogP contribution in [-0.4, -0.2) is 28.7 Å². The van der Waals surface area contributed by atoms with Gasteiger partial charge in [-0.3, -0.25) is 14.9 Å². The number of hydrogen-bond donors (Lipinski definition) is 3. The lowest BCUT2D eigenvalue weighted by Crippen LogP contribution is -2.25. The number of aromatic hydroxyl groups is 1. The number of hydrogen-bond acceptors (Lipinski definition) is 6. The molecule has 0 fully saturated rings. The zero-order valence-corrected chi connectivity index (χ0v) is 15.4. The van der Waals surface area contributed by atoms with Gasteiger partial charge < -0.3 is 10.4 Å². The number of aryl methyl sites for hydroxylation is 1. The predicted octanol–water partition coefficient (Wildman–Crippen LogP) is 2.78. The smallest absolute Gasteiger partial charge is 0.270 e. The van der Waals surface area contributed by atoms with E-state index in [9.17, 15) is 20.0 Å². The summed E-state index contributed by atoms with van der Waals surface area (Å²) in [6, 6.07) is 9.28. The van der Waals surface area contributed by atoms with Crippen molar-refractivity contribution in [3.8, 4) is 5.75 Å². The Morgan fingerprint density at radius 1 is 1.36 bits per heavy atom. The van der Waals surface area contributed by atoms with Gasteiger partial charge in [-0.05, 0) is 59.3 Å². The molecule has 0 bridgehead atoms. The average Bonchev–Trinajstić information content (AvgIpc) is 2.57. The van der Waals surface area contributed by atoms with Gasteiger partial charge in [0.2, 0.25) is 0 Å². The largest absolute Gasteiger partial charge is 0.507 e. The van der Waals surface area contributed by atoms with Crippen LogP contribution in [0.2, 0.25) is 0 Å². The Morgan fingerprint density at radius 2 is 2.12 bits per heavy atom. The minimum Gasteiger partial charge on any atom is -0.507 e. The van der Waals surface area contributed by atoms with Gasteiger partial charge in [-0.1, -0.05) is 0 Å². The summed E-state index contributed by atoms with van der Waals surface area (Å²) in [5.74, 6) is -0.562. The molecule has 3 N–H and O–H groups in total. The Kier molecular flexibility index (Phi) is 6.28. The maximum absolute atomic E-state index is 11.8. The first kappa shape index (κ1) is 18.6. The summed E-state index contributed by atoms with van der Waals surface area (Å²) in [6.45, 7) is 1.99. The second-order valence-corrected chi connectivity index (χ2v) is 6.27. The third-order valence-corrected chi connectivity index (χ3v) is 4.44. The summed E-state index contributed by atoms with van der Waals surface area (Å²) in [7, 11) is 0. The van der Waals surface area contributed by atoms with Crippen LogP contribution in [0.4, 0.5) is 11.4 Å². The van der Waals surface area contributed by atoms with Crippen LogP contribution in [0.25, 0.3) is 0 Å². The molecular weight excluding hydrogens is 439 g/mol. The molecule has 0 atom stereocenters. The summed E-state index contributed by atoms with van der Waals surface area (Å²) < 4.78 is 1.13. The molecule has 9 heteroatoms. The van der Waals surface area contributed by atoms with Gasteiger partial charge in [0.05, 0.1) is 17.7 Å². The summed E-state index contributed by atoms with van der Waals surface area (Å²) in [5, 5.41) is 27.0. The fourth-order valence-corrected chi connectivity index (χ4v) is 2.24. The molecule has 0 spiro atoms. The summed E-state index contributed by atoms with van der Waals surface area (Å²) in [4.78, 5) is 21.9. The Labute approximate surface area is 157 Å². The molecule has 0 aromatic heterocycles. The summed E-state index contributed by atoms with van der Waals surface area (Å²) in [6.07, 6.45) is 1.15. The average molecular weight is 454 g/mol. The quantitative estimate of drug-likeness (QED) is 0.269. The van der Waals surface area contributed by atoms with Crippen LogP contribution in [-0.2, 0) is 4.79 Å². The Hall–Kier alpha value is -2.69. The highest BCUT2D eigenvalue weighted by molar-refractivity contribution is 14.1. The van der Waals surface area contributed by atoms with E-state index in [2.05, 4.69) is 38.4 Å². The number of non-ortho nitro benzene ring substituents is 1. The molecule has 2 aromatic rings. The molecule has 1 amide bonds. The first-order chi connectivity index (χ1) is 11.9. The molecule has 130 valence electrons.